The summed E-state index contributed by atoms with van der Waals surface area (Å²) in [5.41, 5.74) is 1.61. The van der Waals surface area contributed by atoms with Crippen LogP contribution in [0.1, 0.15) is 67.7 Å². The van der Waals surface area contributed by atoms with Crippen molar-refractivity contribution in [3.8, 4) is 0 Å². The van der Waals surface area contributed by atoms with E-state index in [0.717, 1.165) is 24.8 Å². The van der Waals surface area contributed by atoms with Crippen molar-refractivity contribution < 1.29 is 4.79 Å². The van der Waals surface area contributed by atoms with Crippen molar-refractivity contribution in [3.63, 3.8) is 0 Å². The van der Waals surface area contributed by atoms with Crippen molar-refractivity contribution in [2.45, 2.75) is 51.5 Å². The lowest BCUT2D eigenvalue weighted by Gasteiger charge is -2.15. The normalized spacial score (nSPS) is 15.9. The smallest absolute Gasteiger partial charge is 0.172 e. The van der Waals surface area contributed by atoms with E-state index in [0.29, 0.717) is 17.7 Å². The number of nitrogens with zero attached hydrogens (tertiary/aromatic N) is 3. The molecule has 1 heterocycles. The lowest BCUT2D eigenvalue weighted by Crippen LogP contribution is -2.12. The standard InChI is InChI=1S/C11H17N3O/c1-3-9(4-2)14-11(8-5-6-8)10(7-15)12-13-14/h7-9H,3-6H2,1-2H3. The summed E-state index contributed by atoms with van der Waals surface area (Å²) in [6, 6.07) is 0.391. The van der Waals surface area contributed by atoms with Crippen LogP contribution in [0.25, 0.3) is 0 Å². The quantitative estimate of drug-likeness (QED) is 0.696. The van der Waals surface area contributed by atoms with Gasteiger partial charge in [-0.3, -0.25) is 4.79 Å². The molecule has 1 aromatic heterocycles. The van der Waals surface area contributed by atoms with Crippen molar-refractivity contribution in [3.05, 3.63) is 11.4 Å². The van der Waals surface area contributed by atoms with E-state index in [9.17, 15) is 4.79 Å². The fourth-order valence-corrected chi connectivity index (χ4v) is 2.05. The molecule has 0 aliphatic heterocycles. The lowest BCUT2D eigenvalue weighted by atomic mass is 10.1. The number of aldehydes is 1. The molecule has 4 heteroatoms. The second kappa shape index (κ2) is 4.13. The van der Waals surface area contributed by atoms with Crippen molar-refractivity contribution in [1.82, 2.24) is 15.0 Å². The highest BCUT2D eigenvalue weighted by atomic mass is 16.1. The third-order valence-corrected chi connectivity index (χ3v) is 3.12. The first-order chi connectivity index (χ1) is 7.31. The van der Waals surface area contributed by atoms with Gasteiger partial charge in [-0.2, -0.15) is 0 Å². The summed E-state index contributed by atoms with van der Waals surface area (Å²) in [5.74, 6) is 0.529. The molecule has 0 N–H and O–H groups in total. The maximum absolute atomic E-state index is 10.9. The molecule has 1 fully saturated rings. The van der Waals surface area contributed by atoms with Gasteiger partial charge in [-0.25, -0.2) is 4.68 Å². The summed E-state index contributed by atoms with van der Waals surface area (Å²) in [4.78, 5) is 10.9. The van der Waals surface area contributed by atoms with Crippen LogP contribution in [0.5, 0.6) is 0 Å². The van der Waals surface area contributed by atoms with Crippen LogP contribution in [-0.4, -0.2) is 21.3 Å². The highest BCUT2D eigenvalue weighted by Crippen LogP contribution is 2.42. The van der Waals surface area contributed by atoms with Crippen LogP contribution in [0.2, 0.25) is 0 Å². The van der Waals surface area contributed by atoms with E-state index in [1.54, 1.807) is 0 Å². The third kappa shape index (κ3) is 1.80. The van der Waals surface area contributed by atoms with E-state index in [1.807, 2.05) is 4.68 Å². The van der Waals surface area contributed by atoms with Gasteiger partial charge in [0.05, 0.1) is 11.7 Å². The lowest BCUT2D eigenvalue weighted by molar-refractivity contribution is 0.111. The van der Waals surface area contributed by atoms with Crippen LogP contribution in [0.4, 0.5) is 0 Å². The molecule has 0 atom stereocenters. The second-order valence-electron chi connectivity index (χ2n) is 4.17. The Balaban J connectivity index is 2.37. The molecule has 1 aliphatic carbocycles. The SMILES string of the molecule is CCC(CC)n1nnc(C=O)c1C1CC1. The van der Waals surface area contributed by atoms with Crippen molar-refractivity contribution in [2.24, 2.45) is 0 Å². The Kier molecular flexibility index (Phi) is 2.84. The maximum Gasteiger partial charge on any atom is 0.172 e. The summed E-state index contributed by atoms with van der Waals surface area (Å²) < 4.78 is 1.97. The highest BCUT2D eigenvalue weighted by Gasteiger charge is 2.32. The first kappa shape index (κ1) is 10.3. The van der Waals surface area contributed by atoms with Crippen LogP contribution < -0.4 is 0 Å². The van der Waals surface area contributed by atoms with Crippen molar-refractivity contribution in [1.29, 1.82) is 0 Å². The molecule has 4 nitrogen and oxygen atoms in total. The van der Waals surface area contributed by atoms with E-state index in [1.165, 1.54) is 12.8 Å². The number of carbonyl (C=O) groups is 1. The van der Waals surface area contributed by atoms with Gasteiger partial charge < -0.3 is 0 Å². The molecular weight excluding hydrogens is 190 g/mol. The van der Waals surface area contributed by atoms with Gasteiger partial charge >= 0.3 is 0 Å². The predicted molar refractivity (Wildman–Crippen MR) is 57.0 cm³/mol. The Morgan fingerprint density at radius 3 is 2.60 bits per heavy atom. The first-order valence-corrected chi connectivity index (χ1v) is 5.72. The highest BCUT2D eigenvalue weighted by molar-refractivity contribution is 5.73. The van der Waals surface area contributed by atoms with E-state index in [-0.39, 0.29) is 0 Å². The summed E-state index contributed by atoms with van der Waals surface area (Å²) >= 11 is 0. The monoisotopic (exact) mass is 207 g/mol. The molecule has 15 heavy (non-hydrogen) atoms. The molecule has 1 saturated carbocycles. The summed E-state index contributed by atoms with van der Waals surface area (Å²) in [5, 5.41) is 8.08. The molecule has 0 aromatic carbocycles. The minimum atomic E-state index is 0.391. The average molecular weight is 207 g/mol. The maximum atomic E-state index is 10.9. The van der Waals surface area contributed by atoms with Gasteiger partial charge in [0.15, 0.2) is 6.29 Å². The minimum Gasteiger partial charge on any atom is -0.296 e. The fraction of sp³-hybridized carbons (Fsp3) is 0.727. The average Bonchev–Trinajstić information content (AvgIpc) is 3.01. The molecule has 0 unspecified atom stereocenters. The van der Waals surface area contributed by atoms with Gasteiger partial charge in [0.2, 0.25) is 0 Å². The topological polar surface area (TPSA) is 47.8 Å². The predicted octanol–water partition coefficient (Wildman–Crippen LogP) is 2.33. The molecule has 0 bridgehead atoms. The summed E-state index contributed by atoms with van der Waals surface area (Å²) in [6.45, 7) is 4.29. The third-order valence-electron chi connectivity index (χ3n) is 3.12. The first-order valence-electron chi connectivity index (χ1n) is 5.72. The largest absolute Gasteiger partial charge is 0.296 e. The molecule has 0 amide bonds. The second-order valence-corrected chi connectivity index (χ2v) is 4.17. The van der Waals surface area contributed by atoms with Crippen LogP contribution in [0.15, 0.2) is 0 Å². The van der Waals surface area contributed by atoms with E-state index >= 15 is 0 Å². The Morgan fingerprint density at radius 1 is 1.47 bits per heavy atom. The van der Waals surface area contributed by atoms with E-state index in [2.05, 4.69) is 24.2 Å². The zero-order valence-electron chi connectivity index (χ0n) is 9.31. The van der Waals surface area contributed by atoms with Gasteiger partial charge in [-0.1, -0.05) is 19.1 Å². The summed E-state index contributed by atoms with van der Waals surface area (Å²) in [7, 11) is 0. The van der Waals surface area contributed by atoms with Gasteiger partial charge in [-0.15, -0.1) is 5.10 Å². The molecule has 0 saturated heterocycles. The number of hydrogen-bond acceptors (Lipinski definition) is 3. The van der Waals surface area contributed by atoms with Gasteiger partial charge in [0.1, 0.15) is 5.69 Å². The zero-order valence-corrected chi connectivity index (χ0v) is 9.31. The van der Waals surface area contributed by atoms with Gasteiger partial charge in [0.25, 0.3) is 0 Å². The van der Waals surface area contributed by atoms with Crippen LogP contribution in [-0.2, 0) is 0 Å². The molecule has 1 aliphatic rings. The van der Waals surface area contributed by atoms with Crippen molar-refractivity contribution >= 4 is 6.29 Å². The van der Waals surface area contributed by atoms with Crippen LogP contribution in [0, 0.1) is 0 Å². The molecule has 82 valence electrons. The van der Waals surface area contributed by atoms with Gasteiger partial charge in [-0.05, 0) is 25.7 Å². The molecule has 1 aromatic rings. The Morgan fingerprint density at radius 2 is 2.13 bits per heavy atom. The van der Waals surface area contributed by atoms with E-state index in [4.69, 9.17) is 0 Å². The molecule has 2 rings (SSSR count). The minimum absolute atomic E-state index is 0.391. The number of rotatable bonds is 5. The zero-order chi connectivity index (χ0) is 10.8. The fourth-order valence-electron chi connectivity index (χ4n) is 2.05. The molecule has 0 spiro atoms. The number of carbonyl (C=O) groups excluding carboxylic acids is 1. The number of aromatic nitrogens is 3. The van der Waals surface area contributed by atoms with Crippen molar-refractivity contribution in [2.75, 3.05) is 0 Å². The molecular formula is C11H17N3O. The Hall–Kier alpha value is -1.19. The number of hydrogen-bond donors (Lipinski definition) is 0. The van der Waals surface area contributed by atoms with Crippen LogP contribution >= 0.6 is 0 Å². The van der Waals surface area contributed by atoms with Gasteiger partial charge in [0, 0.05) is 5.92 Å². The summed E-state index contributed by atoms with van der Waals surface area (Å²) in [6.07, 6.45) is 5.26. The van der Waals surface area contributed by atoms with Crippen LogP contribution in [0.3, 0.4) is 0 Å². The Bertz CT molecular complexity index is 351. The Labute approximate surface area is 89.7 Å². The molecule has 0 radical (unpaired) electrons. The van der Waals surface area contributed by atoms with E-state index < -0.39 is 0 Å².